The first-order valence-electron chi connectivity index (χ1n) is 7.58. The Morgan fingerprint density at radius 2 is 1.88 bits per heavy atom. The fraction of sp³-hybridized carbons (Fsp3) is 0.118. The standard InChI is InChI=1S/C17H14FN5O3/c1-26-17(25)13-4-2-3-5-14(13)19-15(24)10-23-21-16(20-22-23)11-6-8-12(18)9-7-11/h2-9H,10H2,1H3,(H,19,24). The molecule has 0 aliphatic carbocycles. The molecule has 1 aromatic heterocycles. The minimum absolute atomic E-state index is 0.205. The topological polar surface area (TPSA) is 99.0 Å². The van der Waals surface area contributed by atoms with Gasteiger partial charge in [0.05, 0.1) is 18.4 Å². The van der Waals surface area contributed by atoms with E-state index in [4.69, 9.17) is 0 Å². The number of nitrogens with zero attached hydrogens (tertiary/aromatic N) is 4. The summed E-state index contributed by atoms with van der Waals surface area (Å²) in [5, 5.41) is 14.3. The highest BCUT2D eigenvalue weighted by atomic mass is 19.1. The molecule has 0 atom stereocenters. The minimum atomic E-state index is -0.557. The second-order valence-electron chi connectivity index (χ2n) is 5.24. The molecule has 0 aliphatic heterocycles. The Bertz CT molecular complexity index is 940. The van der Waals surface area contributed by atoms with Crippen LogP contribution in [0.25, 0.3) is 11.4 Å². The highest BCUT2D eigenvalue weighted by molar-refractivity contribution is 6.01. The second-order valence-corrected chi connectivity index (χ2v) is 5.24. The van der Waals surface area contributed by atoms with Crippen molar-refractivity contribution in [2.24, 2.45) is 0 Å². The summed E-state index contributed by atoms with van der Waals surface area (Å²) < 4.78 is 17.6. The zero-order valence-corrected chi connectivity index (χ0v) is 13.7. The van der Waals surface area contributed by atoms with Gasteiger partial charge in [0.25, 0.3) is 0 Å². The Labute approximate surface area is 147 Å². The van der Waals surface area contributed by atoms with Gasteiger partial charge in [0.15, 0.2) is 0 Å². The third kappa shape index (κ3) is 3.89. The molecule has 0 spiro atoms. The van der Waals surface area contributed by atoms with Gasteiger partial charge in [-0.05, 0) is 41.6 Å². The zero-order chi connectivity index (χ0) is 18.5. The van der Waals surface area contributed by atoms with Crippen LogP contribution in [0.1, 0.15) is 10.4 Å². The van der Waals surface area contributed by atoms with Crippen LogP contribution in [0.5, 0.6) is 0 Å². The average molecular weight is 355 g/mol. The molecular weight excluding hydrogens is 341 g/mol. The molecule has 1 heterocycles. The Kier molecular flexibility index (Phi) is 4.97. The Hall–Kier alpha value is -3.62. The molecule has 3 aromatic rings. The van der Waals surface area contributed by atoms with E-state index in [1.165, 1.54) is 31.4 Å². The van der Waals surface area contributed by atoms with Crippen molar-refractivity contribution >= 4 is 17.6 Å². The van der Waals surface area contributed by atoms with Gasteiger partial charge < -0.3 is 10.1 Å². The molecule has 26 heavy (non-hydrogen) atoms. The molecule has 1 amide bonds. The lowest BCUT2D eigenvalue weighted by molar-refractivity contribution is -0.117. The fourth-order valence-corrected chi connectivity index (χ4v) is 2.22. The molecule has 0 unspecified atom stereocenters. The number of hydrogen-bond acceptors (Lipinski definition) is 6. The molecule has 8 nitrogen and oxygen atoms in total. The van der Waals surface area contributed by atoms with E-state index in [9.17, 15) is 14.0 Å². The third-order valence-electron chi connectivity index (χ3n) is 3.45. The van der Waals surface area contributed by atoms with Crippen LogP contribution in [0.2, 0.25) is 0 Å². The Balaban J connectivity index is 1.70. The number of hydrogen-bond donors (Lipinski definition) is 1. The van der Waals surface area contributed by atoms with Crippen LogP contribution in [0.4, 0.5) is 10.1 Å². The van der Waals surface area contributed by atoms with Crippen LogP contribution in [-0.2, 0) is 16.1 Å². The van der Waals surface area contributed by atoms with E-state index in [1.807, 2.05) is 0 Å². The first-order valence-corrected chi connectivity index (χ1v) is 7.58. The summed E-state index contributed by atoms with van der Waals surface area (Å²) in [4.78, 5) is 25.0. The van der Waals surface area contributed by atoms with Gasteiger partial charge in [-0.15, -0.1) is 10.2 Å². The van der Waals surface area contributed by atoms with Gasteiger partial charge in [-0.25, -0.2) is 9.18 Å². The van der Waals surface area contributed by atoms with Gasteiger partial charge in [-0.3, -0.25) is 4.79 Å². The van der Waals surface area contributed by atoms with Crippen LogP contribution >= 0.6 is 0 Å². The van der Waals surface area contributed by atoms with Crippen molar-refractivity contribution in [1.82, 2.24) is 20.2 Å². The Morgan fingerprint density at radius 3 is 2.62 bits per heavy atom. The largest absolute Gasteiger partial charge is 0.465 e. The summed E-state index contributed by atoms with van der Waals surface area (Å²) in [6, 6.07) is 12.1. The van der Waals surface area contributed by atoms with E-state index in [2.05, 4.69) is 25.5 Å². The molecule has 1 N–H and O–H groups in total. The van der Waals surface area contributed by atoms with Crippen molar-refractivity contribution in [2.75, 3.05) is 12.4 Å². The van der Waals surface area contributed by atoms with E-state index in [-0.39, 0.29) is 23.7 Å². The number of ether oxygens (including phenoxy) is 1. The number of esters is 1. The van der Waals surface area contributed by atoms with Crippen LogP contribution < -0.4 is 5.32 Å². The number of carbonyl (C=O) groups is 2. The molecule has 0 aliphatic rings. The van der Waals surface area contributed by atoms with Gasteiger partial charge >= 0.3 is 5.97 Å². The van der Waals surface area contributed by atoms with Crippen molar-refractivity contribution in [2.45, 2.75) is 6.54 Å². The Morgan fingerprint density at radius 1 is 1.15 bits per heavy atom. The number of methoxy groups -OCH3 is 1. The fourth-order valence-electron chi connectivity index (χ4n) is 2.22. The van der Waals surface area contributed by atoms with E-state index in [0.29, 0.717) is 11.3 Å². The summed E-state index contributed by atoms with van der Waals surface area (Å²) in [5.74, 6) is -1.10. The van der Waals surface area contributed by atoms with Crippen LogP contribution in [0.3, 0.4) is 0 Å². The van der Waals surface area contributed by atoms with Gasteiger partial charge in [0.1, 0.15) is 12.4 Å². The quantitative estimate of drug-likeness (QED) is 0.702. The lowest BCUT2D eigenvalue weighted by Crippen LogP contribution is -2.22. The first-order chi connectivity index (χ1) is 12.6. The lowest BCUT2D eigenvalue weighted by atomic mass is 10.2. The molecule has 0 fully saturated rings. The van der Waals surface area contributed by atoms with E-state index in [1.54, 1.807) is 24.3 Å². The molecule has 9 heteroatoms. The molecule has 0 saturated carbocycles. The maximum Gasteiger partial charge on any atom is 0.339 e. The number of aromatic nitrogens is 4. The van der Waals surface area contributed by atoms with E-state index >= 15 is 0 Å². The van der Waals surface area contributed by atoms with Crippen LogP contribution in [-0.4, -0.2) is 39.2 Å². The predicted molar refractivity (Wildman–Crippen MR) is 89.6 cm³/mol. The summed E-state index contributed by atoms with van der Waals surface area (Å²) >= 11 is 0. The van der Waals surface area contributed by atoms with E-state index < -0.39 is 11.9 Å². The van der Waals surface area contributed by atoms with Crippen molar-refractivity contribution in [1.29, 1.82) is 0 Å². The molecule has 0 radical (unpaired) electrons. The number of benzene rings is 2. The molecule has 0 saturated heterocycles. The molecule has 0 bridgehead atoms. The predicted octanol–water partition coefficient (Wildman–Crippen LogP) is 1.90. The van der Waals surface area contributed by atoms with Gasteiger partial charge in [0.2, 0.25) is 11.7 Å². The highest BCUT2D eigenvalue weighted by Gasteiger charge is 2.14. The number of amides is 1. The number of rotatable bonds is 5. The van der Waals surface area contributed by atoms with Crippen molar-refractivity contribution in [3.8, 4) is 11.4 Å². The third-order valence-corrected chi connectivity index (χ3v) is 3.45. The number of para-hydroxylation sites is 1. The normalized spacial score (nSPS) is 10.4. The SMILES string of the molecule is COC(=O)c1ccccc1NC(=O)Cn1nnc(-c2ccc(F)cc2)n1. The van der Waals surface area contributed by atoms with Crippen LogP contribution in [0, 0.1) is 5.82 Å². The minimum Gasteiger partial charge on any atom is -0.465 e. The first kappa shape index (κ1) is 17.2. The van der Waals surface area contributed by atoms with Gasteiger partial charge in [-0.2, -0.15) is 4.80 Å². The average Bonchev–Trinajstić information content (AvgIpc) is 3.10. The second kappa shape index (κ2) is 7.51. The summed E-state index contributed by atoms with van der Waals surface area (Å²) in [5.41, 5.74) is 1.14. The highest BCUT2D eigenvalue weighted by Crippen LogP contribution is 2.16. The monoisotopic (exact) mass is 355 g/mol. The van der Waals surface area contributed by atoms with Crippen molar-refractivity contribution < 1.29 is 18.7 Å². The molecule has 3 rings (SSSR count). The van der Waals surface area contributed by atoms with Gasteiger partial charge in [-0.1, -0.05) is 12.1 Å². The molecule has 132 valence electrons. The molecular formula is C17H14FN5O3. The summed E-state index contributed by atoms with van der Waals surface area (Å²) in [7, 11) is 1.26. The summed E-state index contributed by atoms with van der Waals surface area (Å²) in [6.45, 7) is -0.205. The summed E-state index contributed by atoms with van der Waals surface area (Å²) in [6.07, 6.45) is 0. The number of tetrazole rings is 1. The van der Waals surface area contributed by atoms with Crippen molar-refractivity contribution in [3.05, 3.63) is 59.9 Å². The number of halogens is 1. The maximum atomic E-state index is 13.0. The van der Waals surface area contributed by atoms with Crippen molar-refractivity contribution in [3.63, 3.8) is 0 Å². The number of nitrogens with one attached hydrogen (secondary N) is 1. The van der Waals surface area contributed by atoms with E-state index in [0.717, 1.165) is 4.80 Å². The lowest BCUT2D eigenvalue weighted by Gasteiger charge is -2.08. The smallest absolute Gasteiger partial charge is 0.339 e. The molecule has 2 aromatic carbocycles. The zero-order valence-electron chi connectivity index (χ0n) is 13.7. The number of carbonyl (C=O) groups excluding carboxylic acids is 2. The van der Waals surface area contributed by atoms with Gasteiger partial charge in [0, 0.05) is 5.56 Å². The maximum absolute atomic E-state index is 13.0. The van der Waals surface area contributed by atoms with Crippen LogP contribution in [0.15, 0.2) is 48.5 Å². The number of anilines is 1.